The van der Waals surface area contributed by atoms with Gasteiger partial charge in [0, 0.05) is 4.83 Å². The zero-order valence-electron chi connectivity index (χ0n) is 15.2. The summed E-state index contributed by atoms with van der Waals surface area (Å²) in [5, 5.41) is 10.3. The third-order valence-electron chi connectivity index (χ3n) is 6.21. The Balaban J connectivity index is 2.06. The smallest absolute Gasteiger partial charge is 0.0892 e. The first-order chi connectivity index (χ1) is 10.5. The van der Waals surface area contributed by atoms with E-state index in [0.717, 1.165) is 38.5 Å². The van der Waals surface area contributed by atoms with Gasteiger partial charge < -0.3 is 9.84 Å². The molecular weight excluding hydrogens is 352 g/mol. The molecule has 0 bridgehead atoms. The molecule has 2 fully saturated rings. The van der Waals surface area contributed by atoms with Crippen LogP contribution in [0.3, 0.4) is 0 Å². The fourth-order valence-corrected chi connectivity index (χ4v) is 4.86. The molecule has 132 valence electrons. The minimum Gasteiger partial charge on any atom is -0.386 e. The standard InChI is InChI=1S/C20H33BrO2/c1-7-19(5,22)12-10-15-14(2)8-9-16(21)20(15,6)13-11-17-18(3,4)23-17/h7,15-17,22H,1-2,8-13H2,3-6H3. The highest BCUT2D eigenvalue weighted by atomic mass is 79.9. The van der Waals surface area contributed by atoms with Gasteiger partial charge >= 0.3 is 0 Å². The molecule has 3 heteroatoms. The lowest BCUT2D eigenvalue weighted by Crippen LogP contribution is -2.42. The monoisotopic (exact) mass is 384 g/mol. The molecule has 2 rings (SSSR count). The highest BCUT2D eigenvalue weighted by Crippen LogP contribution is 2.53. The maximum absolute atomic E-state index is 10.3. The van der Waals surface area contributed by atoms with Crippen molar-refractivity contribution in [2.75, 3.05) is 0 Å². The molecule has 1 aliphatic heterocycles. The second kappa shape index (κ2) is 6.65. The van der Waals surface area contributed by atoms with Crippen LogP contribution in [0, 0.1) is 11.3 Å². The maximum Gasteiger partial charge on any atom is 0.0892 e. The van der Waals surface area contributed by atoms with E-state index in [9.17, 15) is 5.11 Å². The summed E-state index contributed by atoms with van der Waals surface area (Å²) >= 11 is 3.95. The largest absolute Gasteiger partial charge is 0.386 e. The minimum atomic E-state index is -0.790. The first-order valence-electron chi connectivity index (χ1n) is 8.87. The molecule has 1 saturated carbocycles. The van der Waals surface area contributed by atoms with E-state index in [1.807, 2.05) is 6.92 Å². The molecule has 0 spiro atoms. The molecule has 0 aromatic carbocycles. The summed E-state index contributed by atoms with van der Waals surface area (Å²) in [6.07, 6.45) is 8.22. The molecule has 1 N–H and O–H groups in total. The Labute approximate surface area is 150 Å². The Hall–Kier alpha value is -0.120. The lowest BCUT2D eigenvalue weighted by Gasteiger charge is -2.47. The van der Waals surface area contributed by atoms with Gasteiger partial charge in [0.25, 0.3) is 0 Å². The average molecular weight is 385 g/mol. The van der Waals surface area contributed by atoms with Crippen molar-refractivity contribution in [3.05, 3.63) is 24.8 Å². The first kappa shape index (κ1) is 19.2. The second-order valence-corrected chi connectivity index (χ2v) is 9.68. The zero-order valence-corrected chi connectivity index (χ0v) is 16.8. The van der Waals surface area contributed by atoms with Gasteiger partial charge in [0.15, 0.2) is 0 Å². The summed E-state index contributed by atoms with van der Waals surface area (Å²) in [4.78, 5) is 0.501. The van der Waals surface area contributed by atoms with E-state index in [2.05, 4.69) is 49.9 Å². The molecule has 0 aromatic rings. The van der Waals surface area contributed by atoms with E-state index in [1.54, 1.807) is 6.08 Å². The third-order valence-corrected chi connectivity index (χ3v) is 7.72. The molecular formula is C20H33BrO2. The summed E-state index contributed by atoms with van der Waals surface area (Å²) < 4.78 is 5.78. The van der Waals surface area contributed by atoms with Crippen LogP contribution in [0.2, 0.25) is 0 Å². The molecule has 1 heterocycles. The summed E-state index contributed by atoms with van der Waals surface area (Å²) in [5.74, 6) is 0.439. The number of alkyl halides is 1. The van der Waals surface area contributed by atoms with Crippen molar-refractivity contribution in [1.82, 2.24) is 0 Å². The van der Waals surface area contributed by atoms with E-state index in [-0.39, 0.29) is 11.0 Å². The van der Waals surface area contributed by atoms with E-state index in [1.165, 1.54) is 5.57 Å². The number of aliphatic hydroxyl groups is 1. The fraction of sp³-hybridized carbons (Fsp3) is 0.800. The summed E-state index contributed by atoms with van der Waals surface area (Å²) in [5.41, 5.74) is 0.793. The maximum atomic E-state index is 10.3. The zero-order chi connectivity index (χ0) is 17.5. The molecule has 5 unspecified atom stereocenters. The highest BCUT2D eigenvalue weighted by Gasteiger charge is 2.50. The Morgan fingerprint density at radius 1 is 1.39 bits per heavy atom. The van der Waals surface area contributed by atoms with Crippen molar-refractivity contribution in [2.24, 2.45) is 11.3 Å². The van der Waals surface area contributed by atoms with Crippen molar-refractivity contribution in [1.29, 1.82) is 0 Å². The lowest BCUT2D eigenvalue weighted by atomic mass is 9.61. The molecule has 23 heavy (non-hydrogen) atoms. The Morgan fingerprint density at radius 3 is 2.52 bits per heavy atom. The lowest BCUT2D eigenvalue weighted by molar-refractivity contribution is 0.0735. The summed E-state index contributed by atoms with van der Waals surface area (Å²) in [6.45, 7) is 16.7. The molecule has 2 nitrogen and oxygen atoms in total. The molecule has 0 aromatic heterocycles. The van der Waals surface area contributed by atoms with Crippen LogP contribution in [0.4, 0.5) is 0 Å². The quantitative estimate of drug-likeness (QED) is 0.362. The van der Waals surface area contributed by atoms with Crippen molar-refractivity contribution in [3.63, 3.8) is 0 Å². The Kier molecular flexibility index (Phi) is 5.55. The van der Waals surface area contributed by atoms with E-state index >= 15 is 0 Å². The van der Waals surface area contributed by atoms with Crippen molar-refractivity contribution in [2.45, 2.75) is 88.4 Å². The van der Waals surface area contributed by atoms with Crippen molar-refractivity contribution in [3.8, 4) is 0 Å². The highest BCUT2D eigenvalue weighted by molar-refractivity contribution is 9.09. The second-order valence-electron chi connectivity index (χ2n) is 8.57. The van der Waals surface area contributed by atoms with Crippen LogP contribution < -0.4 is 0 Å². The number of hydrogen-bond acceptors (Lipinski definition) is 2. The summed E-state index contributed by atoms with van der Waals surface area (Å²) in [7, 11) is 0. The molecule has 1 aliphatic carbocycles. The van der Waals surface area contributed by atoms with Crippen LogP contribution in [0.25, 0.3) is 0 Å². The van der Waals surface area contributed by atoms with Crippen LogP contribution in [0.15, 0.2) is 24.8 Å². The Bertz CT molecular complexity index is 468. The van der Waals surface area contributed by atoms with Gasteiger partial charge in [-0.1, -0.05) is 41.1 Å². The van der Waals surface area contributed by atoms with Gasteiger partial charge in [-0.2, -0.15) is 0 Å². The predicted octanol–water partition coefficient (Wildman–Crippen LogP) is 5.40. The minimum absolute atomic E-state index is 0.0614. The van der Waals surface area contributed by atoms with Gasteiger partial charge in [-0.3, -0.25) is 0 Å². The van der Waals surface area contributed by atoms with Gasteiger partial charge in [-0.15, -0.1) is 6.58 Å². The topological polar surface area (TPSA) is 32.8 Å². The molecule has 1 saturated heterocycles. The molecule has 0 radical (unpaired) electrons. The van der Waals surface area contributed by atoms with Crippen molar-refractivity contribution < 1.29 is 9.84 Å². The average Bonchev–Trinajstić information content (AvgIpc) is 3.08. The van der Waals surface area contributed by atoms with E-state index < -0.39 is 5.60 Å². The third kappa shape index (κ3) is 4.29. The molecule has 5 atom stereocenters. The van der Waals surface area contributed by atoms with Crippen LogP contribution >= 0.6 is 15.9 Å². The van der Waals surface area contributed by atoms with Gasteiger partial charge in [0.05, 0.1) is 17.3 Å². The number of hydrogen-bond donors (Lipinski definition) is 1. The number of allylic oxidation sites excluding steroid dienone is 1. The van der Waals surface area contributed by atoms with Gasteiger partial charge in [-0.25, -0.2) is 0 Å². The number of rotatable bonds is 7. The van der Waals surface area contributed by atoms with Crippen LogP contribution in [0.5, 0.6) is 0 Å². The van der Waals surface area contributed by atoms with Gasteiger partial charge in [0.1, 0.15) is 0 Å². The first-order valence-corrected chi connectivity index (χ1v) is 9.79. The van der Waals surface area contributed by atoms with Gasteiger partial charge in [0.2, 0.25) is 0 Å². The van der Waals surface area contributed by atoms with Crippen LogP contribution in [-0.2, 0) is 4.74 Å². The Morgan fingerprint density at radius 2 is 2.00 bits per heavy atom. The van der Waals surface area contributed by atoms with E-state index in [0.29, 0.717) is 16.8 Å². The molecule has 0 amide bonds. The molecule has 2 aliphatic rings. The van der Waals surface area contributed by atoms with Crippen LogP contribution in [-0.4, -0.2) is 27.2 Å². The van der Waals surface area contributed by atoms with E-state index in [4.69, 9.17) is 4.74 Å². The van der Waals surface area contributed by atoms with Gasteiger partial charge in [-0.05, 0) is 70.6 Å². The number of ether oxygens (including phenoxy) is 1. The SMILES string of the molecule is C=CC(C)(O)CCC1C(=C)CCC(Br)C1(C)CCC1OC1(C)C. The number of halogens is 1. The van der Waals surface area contributed by atoms with Crippen molar-refractivity contribution >= 4 is 15.9 Å². The summed E-state index contributed by atoms with van der Waals surface area (Å²) in [6, 6.07) is 0. The number of epoxide rings is 1. The van der Waals surface area contributed by atoms with Crippen LogP contribution in [0.1, 0.15) is 66.2 Å². The fourth-order valence-electron chi connectivity index (χ4n) is 4.09. The predicted molar refractivity (Wildman–Crippen MR) is 101 cm³/mol. The normalized spacial score (nSPS) is 38.9.